The number of anilines is 1. The lowest BCUT2D eigenvalue weighted by Crippen LogP contribution is -2.15. The fourth-order valence-electron chi connectivity index (χ4n) is 3.13. The first-order valence-electron chi connectivity index (χ1n) is 9.69. The van der Waals surface area contributed by atoms with Gasteiger partial charge in [-0.25, -0.2) is 0 Å². The predicted molar refractivity (Wildman–Crippen MR) is 130 cm³/mol. The van der Waals surface area contributed by atoms with Crippen LogP contribution in [0, 0.1) is 0 Å². The van der Waals surface area contributed by atoms with E-state index in [2.05, 4.69) is 26.3 Å². The third-order valence-corrected chi connectivity index (χ3v) is 5.48. The van der Waals surface area contributed by atoms with E-state index in [9.17, 15) is 4.79 Å². The summed E-state index contributed by atoms with van der Waals surface area (Å²) in [5.74, 6) is 0.237. The number of nitrogens with zero attached hydrogens (tertiary/aromatic N) is 2. The predicted octanol–water partition coefficient (Wildman–Crippen LogP) is 6.53. The lowest BCUT2D eigenvalue weighted by Gasteiger charge is -2.09. The van der Waals surface area contributed by atoms with Crippen LogP contribution >= 0.6 is 27.5 Å². The number of rotatable bonds is 6. The van der Waals surface area contributed by atoms with Crippen molar-refractivity contribution < 1.29 is 4.79 Å². The van der Waals surface area contributed by atoms with Crippen LogP contribution in [0.2, 0.25) is 5.02 Å². The normalized spacial score (nSPS) is 11.4. The van der Waals surface area contributed by atoms with Crippen LogP contribution in [0.4, 0.5) is 5.82 Å². The number of amides is 1. The van der Waals surface area contributed by atoms with Gasteiger partial charge in [-0.05, 0) is 50.8 Å². The van der Waals surface area contributed by atoms with Crippen molar-refractivity contribution >= 4 is 50.9 Å². The number of halogens is 2. The van der Waals surface area contributed by atoms with E-state index in [1.54, 1.807) is 4.68 Å². The minimum Gasteiger partial charge on any atom is -0.304 e. The highest BCUT2D eigenvalue weighted by atomic mass is 79.9. The van der Waals surface area contributed by atoms with Crippen molar-refractivity contribution in [2.75, 3.05) is 5.32 Å². The second-order valence-corrected chi connectivity index (χ2v) is 8.23. The van der Waals surface area contributed by atoms with Crippen LogP contribution in [0.3, 0.4) is 0 Å². The van der Waals surface area contributed by atoms with Gasteiger partial charge in [0.15, 0.2) is 5.82 Å². The number of carbonyl (C=O) groups is 1. The van der Waals surface area contributed by atoms with E-state index >= 15 is 0 Å². The number of hydrogen-bond donors (Lipinski definition) is 1. The smallest absolute Gasteiger partial charge is 0.257 e. The first-order chi connectivity index (χ1) is 15.1. The average molecular weight is 493 g/mol. The van der Waals surface area contributed by atoms with E-state index in [0.717, 1.165) is 16.7 Å². The molecule has 31 heavy (non-hydrogen) atoms. The SMILES string of the molecule is O=C(Nc1nn(Cc2ccc(Cl)cc2)cc1Br)/C(=C\c1ccccc1)c1ccccc1. The maximum Gasteiger partial charge on any atom is 0.257 e. The zero-order chi connectivity index (χ0) is 21.6. The fraction of sp³-hybridized carbons (Fsp3) is 0.0400. The second kappa shape index (κ2) is 9.77. The van der Waals surface area contributed by atoms with Crippen LogP contribution in [-0.4, -0.2) is 15.7 Å². The van der Waals surface area contributed by atoms with Crippen LogP contribution in [-0.2, 0) is 11.3 Å². The Morgan fingerprint density at radius 1 is 0.968 bits per heavy atom. The molecule has 6 heteroatoms. The molecule has 1 amide bonds. The molecule has 0 bridgehead atoms. The lowest BCUT2D eigenvalue weighted by molar-refractivity contribution is -0.111. The summed E-state index contributed by atoms with van der Waals surface area (Å²) in [5, 5.41) is 8.16. The molecule has 1 heterocycles. The van der Waals surface area contributed by atoms with Crippen molar-refractivity contribution in [3.05, 3.63) is 117 Å². The quantitative estimate of drug-likeness (QED) is 0.246. The molecule has 0 atom stereocenters. The van der Waals surface area contributed by atoms with Crippen molar-refractivity contribution in [2.45, 2.75) is 6.54 Å². The number of hydrogen-bond acceptors (Lipinski definition) is 2. The Morgan fingerprint density at radius 3 is 2.29 bits per heavy atom. The van der Waals surface area contributed by atoms with Crippen molar-refractivity contribution in [1.82, 2.24) is 9.78 Å². The molecular weight excluding hydrogens is 474 g/mol. The van der Waals surface area contributed by atoms with Gasteiger partial charge in [0.2, 0.25) is 0 Å². The molecule has 0 aliphatic rings. The minimum absolute atomic E-state index is 0.229. The Hall–Kier alpha value is -3.15. The highest BCUT2D eigenvalue weighted by Crippen LogP contribution is 2.25. The molecule has 4 nitrogen and oxygen atoms in total. The molecule has 4 rings (SSSR count). The second-order valence-electron chi connectivity index (χ2n) is 6.94. The number of carbonyl (C=O) groups excluding carboxylic acids is 1. The number of aromatic nitrogens is 2. The summed E-state index contributed by atoms with van der Waals surface area (Å²) in [7, 11) is 0. The van der Waals surface area contributed by atoms with Crippen LogP contribution in [0.25, 0.3) is 11.6 Å². The molecule has 0 aliphatic heterocycles. The molecule has 154 valence electrons. The molecule has 0 saturated carbocycles. The van der Waals surface area contributed by atoms with Crippen molar-refractivity contribution in [3.63, 3.8) is 0 Å². The summed E-state index contributed by atoms with van der Waals surface area (Å²) >= 11 is 9.46. The zero-order valence-corrected chi connectivity index (χ0v) is 18.8. The first-order valence-corrected chi connectivity index (χ1v) is 10.9. The summed E-state index contributed by atoms with van der Waals surface area (Å²) < 4.78 is 2.48. The van der Waals surface area contributed by atoms with Gasteiger partial charge in [-0.3, -0.25) is 9.48 Å². The minimum atomic E-state index is -0.229. The Bertz CT molecular complexity index is 1200. The summed E-state index contributed by atoms with van der Waals surface area (Å²) in [4.78, 5) is 13.2. The van der Waals surface area contributed by atoms with Crippen molar-refractivity contribution in [1.29, 1.82) is 0 Å². The summed E-state index contributed by atoms with van der Waals surface area (Å²) in [5.41, 5.74) is 3.40. The molecule has 4 aromatic rings. The van der Waals surface area contributed by atoms with E-state index in [0.29, 0.717) is 27.4 Å². The molecule has 0 fully saturated rings. The summed E-state index contributed by atoms with van der Waals surface area (Å²) in [6.45, 7) is 0.567. The molecule has 0 radical (unpaired) electrons. The Balaban J connectivity index is 1.58. The molecule has 0 unspecified atom stereocenters. The molecule has 0 saturated heterocycles. The van der Waals surface area contributed by atoms with E-state index in [4.69, 9.17) is 11.6 Å². The van der Waals surface area contributed by atoms with Crippen molar-refractivity contribution in [3.8, 4) is 0 Å². The Morgan fingerprint density at radius 2 is 1.61 bits per heavy atom. The van der Waals surface area contributed by atoms with Crippen molar-refractivity contribution in [2.24, 2.45) is 0 Å². The largest absolute Gasteiger partial charge is 0.304 e. The van der Waals surface area contributed by atoms with Gasteiger partial charge in [-0.15, -0.1) is 0 Å². The van der Waals surface area contributed by atoms with Gasteiger partial charge in [0.05, 0.1) is 11.0 Å². The fourth-order valence-corrected chi connectivity index (χ4v) is 3.67. The molecular formula is C25H19BrClN3O. The van der Waals surface area contributed by atoms with Gasteiger partial charge in [-0.1, -0.05) is 84.4 Å². The third kappa shape index (κ3) is 5.51. The van der Waals surface area contributed by atoms with Gasteiger partial charge < -0.3 is 5.32 Å². The molecule has 0 spiro atoms. The average Bonchev–Trinajstić information content (AvgIpc) is 3.13. The van der Waals surface area contributed by atoms with Gasteiger partial charge >= 0.3 is 0 Å². The lowest BCUT2D eigenvalue weighted by atomic mass is 10.0. The summed E-state index contributed by atoms with van der Waals surface area (Å²) in [6.07, 6.45) is 3.72. The Labute approximate surface area is 194 Å². The van der Waals surface area contributed by atoms with Gasteiger partial charge in [-0.2, -0.15) is 5.10 Å². The van der Waals surface area contributed by atoms with E-state index in [1.807, 2.05) is 97.2 Å². The van der Waals surface area contributed by atoms with Gasteiger partial charge in [0.25, 0.3) is 5.91 Å². The van der Waals surface area contributed by atoms with Crippen LogP contribution < -0.4 is 5.32 Å². The topological polar surface area (TPSA) is 46.9 Å². The number of benzene rings is 3. The number of nitrogens with one attached hydrogen (secondary N) is 1. The zero-order valence-electron chi connectivity index (χ0n) is 16.5. The standard InChI is InChI=1S/C25H19BrClN3O/c26-23-17-30(16-19-11-13-21(27)14-12-19)29-24(23)28-25(31)22(20-9-5-2-6-10-20)15-18-7-3-1-4-8-18/h1-15,17H,16H2,(H,28,29,31)/b22-15-. The maximum absolute atomic E-state index is 13.2. The van der Waals surface area contributed by atoms with Crippen LogP contribution in [0.5, 0.6) is 0 Å². The van der Waals surface area contributed by atoms with Crippen LogP contribution in [0.15, 0.2) is 95.6 Å². The van der Waals surface area contributed by atoms with E-state index < -0.39 is 0 Å². The maximum atomic E-state index is 13.2. The Kier molecular flexibility index (Phi) is 6.65. The molecule has 0 aliphatic carbocycles. The highest BCUT2D eigenvalue weighted by molar-refractivity contribution is 9.10. The van der Waals surface area contributed by atoms with Gasteiger partial charge in [0, 0.05) is 16.8 Å². The third-order valence-electron chi connectivity index (χ3n) is 4.65. The first kappa shape index (κ1) is 21.1. The van der Waals surface area contributed by atoms with E-state index in [1.165, 1.54) is 0 Å². The monoisotopic (exact) mass is 491 g/mol. The molecule has 1 aromatic heterocycles. The van der Waals surface area contributed by atoms with Crippen LogP contribution in [0.1, 0.15) is 16.7 Å². The van der Waals surface area contributed by atoms with Gasteiger partial charge in [0.1, 0.15) is 0 Å². The molecule has 1 N–H and O–H groups in total. The van der Waals surface area contributed by atoms with E-state index in [-0.39, 0.29) is 5.91 Å². The summed E-state index contributed by atoms with van der Waals surface area (Å²) in [6, 6.07) is 27.0. The molecule has 3 aromatic carbocycles. The highest BCUT2D eigenvalue weighted by Gasteiger charge is 2.16.